The van der Waals surface area contributed by atoms with Gasteiger partial charge in [0, 0.05) is 22.6 Å². The number of nitrogens with zero attached hydrogens (tertiary/aromatic N) is 2. The summed E-state index contributed by atoms with van der Waals surface area (Å²) in [6, 6.07) is 1.51. The Morgan fingerprint density at radius 1 is 0.969 bits per heavy atom. The van der Waals surface area contributed by atoms with Crippen LogP contribution in [0.2, 0.25) is 0 Å². The van der Waals surface area contributed by atoms with E-state index >= 15 is 0 Å². The number of amides is 2. The van der Waals surface area contributed by atoms with Gasteiger partial charge >= 0.3 is 0 Å². The first-order valence-corrected chi connectivity index (χ1v) is 12.3. The molecule has 0 radical (unpaired) electrons. The summed E-state index contributed by atoms with van der Waals surface area (Å²) in [5.41, 5.74) is -0.857. The van der Waals surface area contributed by atoms with E-state index in [0.29, 0.717) is 5.69 Å². The second-order valence-corrected chi connectivity index (χ2v) is 13.6. The molecule has 0 unspecified atom stereocenters. The fourth-order valence-electron chi connectivity index (χ4n) is 1.86. The fraction of sp³-hybridized carbons (Fsp3) is 0.684. The number of aryl methyl sites for hydroxylation is 1. The Bertz CT molecular complexity index is 823. The highest BCUT2D eigenvalue weighted by atomic mass is 35.6. The highest BCUT2D eigenvalue weighted by molar-refractivity contribution is 7.99. The smallest absolute Gasteiger partial charge is 0.246 e. The van der Waals surface area contributed by atoms with Gasteiger partial charge in [-0.3, -0.25) is 9.59 Å². The largest absolute Gasteiger partial charge is 0.449 e. The maximum absolute atomic E-state index is 12.4. The van der Waals surface area contributed by atoms with E-state index in [1.165, 1.54) is 6.07 Å². The summed E-state index contributed by atoms with van der Waals surface area (Å²) >= 11 is 31.2. The summed E-state index contributed by atoms with van der Waals surface area (Å²) in [7, 11) is 0. The van der Waals surface area contributed by atoms with Crippen molar-refractivity contribution in [2.75, 3.05) is 0 Å². The Hall–Kier alpha value is -0.380. The summed E-state index contributed by atoms with van der Waals surface area (Å²) in [6.45, 7) is 12.1. The standard InChI is InChI=1S/C19H27Cl5N4O3S/c1-9-8-10(31-15(19(22,23)24)28-14(30)18(5,6)7)26-16(25-9)32-12(11(20)21)27-13(29)17(2,3)4/h8,11-12,15H,1-7H3,(H,27,29)(H,28,30)/t12-,15+/m1/s1. The van der Waals surface area contributed by atoms with Crippen molar-refractivity contribution in [3.05, 3.63) is 11.8 Å². The molecular weight excluding hydrogens is 542 g/mol. The van der Waals surface area contributed by atoms with E-state index in [2.05, 4.69) is 20.6 Å². The molecule has 1 heterocycles. The van der Waals surface area contributed by atoms with Crippen molar-refractivity contribution in [1.82, 2.24) is 20.6 Å². The zero-order valence-corrected chi connectivity index (χ0v) is 23.3. The molecule has 182 valence electrons. The zero-order valence-electron chi connectivity index (χ0n) is 18.7. The average Bonchev–Trinajstić information content (AvgIpc) is 2.57. The van der Waals surface area contributed by atoms with Crippen molar-refractivity contribution in [3.63, 3.8) is 0 Å². The molecule has 7 nitrogen and oxygen atoms in total. The lowest BCUT2D eigenvalue weighted by atomic mass is 9.96. The number of thioether (sulfide) groups is 1. The second kappa shape index (κ2) is 11.4. The molecule has 0 bridgehead atoms. The third kappa shape index (κ3) is 9.85. The number of rotatable bonds is 7. The maximum atomic E-state index is 12.4. The third-order valence-electron chi connectivity index (χ3n) is 3.71. The fourth-order valence-corrected chi connectivity index (χ4v) is 3.43. The molecule has 2 atom stereocenters. The zero-order chi connectivity index (χ0) is 25.1. The number of halogens is 5. The van der Waals surface area contributed by atoms with E-state index in [1.54, 1.807) is 48.5 Å². The van der Waals surface area contributed by atoms with E-state index in [1.807, 2.05) is 0 Å². The lowest BCUT2D eigenvalue weighted by molar-refractivity contribution is -0.131. The van der Waals surface area contributed by atoms with Crippen LogP contribution in [0.15, 0.2) is 11.2 Å². The lowest BCUT2D eigenvalue weighted by Gasteiger charge is -2.29. The van der Waals surface area contributed by atoms with Crippen LogP contribution in [0.25, 0.3) is 0 Å². The number of alkyl halides is 5. The molecule has 0 saturated carbocycles. The summed E-state index contributed by atoms with van der Waals surface area (Å²) in [5, 5.41) is 4.82. The SMILES string of the molecule is Cc1cc(O[C@H](NC(=O)C(C)(C)C)C(Cl)(Cl)Cl)nc(S[C@@H](NC(=O)C(C)(C)C)C(Cl)Cl)n1. The Labute approximate surface area is 218 Å². The normalized spacial score (nSPS) is 14.7. The van der Waals surface area contributed by atoms with Crippen LogP contribution in [-0.2, 0) is 9.59 Å². The van der Waals surface area contributed by atoms with Crippen molar-refractivity contribution in [2.24, 2.45) is 10.8 Å². The van der Waals surface area contributed by atoms with Crippen molar-refractivity contribution in [2.45, 2.75) is 73.9 Å². The van der Waals surface area contributed by atoms with Gasteiger partial charge in [-0.2, -0.15) is 4.98 Å². The number of hydrogen-bond acceptors (Lipinski definition) is 6. The molecule has 13 heteroatoms. The highest BCUT2D eigenvalue weighted by Crippen LogP contribution is 2.33. The molecule has 1 aromatic heterocycles. The molecule has 2 N–H and O–H groups in total. The van der Waals surface area contributed by atoms with Gasteiger partial charge in [0.1, 0.15) is 10.2 Å². The van der Waals surface area contributed by atoms with E-state index < -0.39 is 31.1 Å². The minimum Gasteiger partial charge on any atom is -0.449 e. The van der Waals surface area contributed by atoms with Crippen molar-refractivity contribution < 1.29 is 14.3 Å². The average molecular weight is 569 g/mol. The highest BCUT2D eigenvalue weighted by Gasteiger charge is 2.39. The Morgan fingerprint density at radius 2 is 1.47 bits per heavy atom. The summed E-state index contributed by atoms with van der Waals surface area (Å²) in [5.74, 6) is -0.579. The minimum absolute atomic E-state index is 0.0483. The Kier molecular flexibility index (Phi) is 10.5. The lowest BCUT2D eigenvalue weighted by Crippen LogP contribution is -2.51. The monoisotopic (exact) mass is 566 g/mol. The predicted molar refractivity (Wildman–Crippen MR) is 132 cm³/mol. The van der Waals surface area contributed by atoms with E-state index in [0.717, 1.165) is 11.8 Å². The van der Waals surface area contributed by atoms with Crippen LogP contribution in [-0.4, -0.2) is 42.0 Å². The molecule has 0 aromatic carbocycles. The van der Waals surface area contributed by atoms with Crippen molar-refractivity contribution >= 4 is 81.6 Å². The molecule has 1 rings (SSSR count). The first-order chi connectivity index (χ1) is 14.3. The van der Waals surface area contributed by atoms with E-state index in [-0.39, 0.29) is 22.9 Å². The molecule has 2 amide bonds. The number of nitrogens with one attached hydrogen (secondary N) is 2. The van der Waals surface area contributed by atoms with Crippen LogP contribution >= 0.6 is 69.8 Å². The van der Waals surface area contributed by atoms with Gasteiger partial charge < -0.3 is 15.4 Å². The molecule has 0 aliphatic rings. The maximum Gasteiger partial charge on any atom is 0.246 e. The van der Waals surface area contributed by atoms with Gasteiger partial charge in [0.25, 0.3) is 0 Å². The van der Waals surface area contributed by atoms with Crippen LogP contribution in [0.3, 0.4) is 0 Å². The van der Waals surface area contributed by atoms with Gasteiger partial charge in [-0.15, -0.1) is 23.2 Å². The molecule has 0 aliphatic carbocycles. The van der Waals surface area contributed by atoms with Crippen LogP contribution in [0.5, 0.6) is 5.88 Å². The van der Waals surface area contributed by atoms with Gasteiger partial charge in [-0.1, -0.05) is 88.1 Å². The molecule has 32 heavy (non-hydrogen) atoms. The molecule has 0 saturated heterocycles. The Morgan fingerprint density at radius 3 is 1.91 bits per heavy atom. The van der Waals surface area contributed by atoms with Gasteiger partial charge in [0.15, 0.2) is 5.16 Å². The summed E-state index contributed by atoms with van der Waals surface area (Å²) in [4.78, 5) is 32.4. The number of carbonyl (C=O) groups is 2. The van der Waals surface area contributed by atoms with Gasteiger partial charge in [0.2, 0.25) is 27.7 Å². The van der Waals surface area contributed by atoms with E-state index in [9.17, 15) is 9.59 Å². The summed E-state index contributed by atoms with van der Waals surface area (Å²) in [6.07, 6.45) is -1.32. The van der Waals surface area contributed by atoms with Crippen molar-refractivity contribution in [3.8, 4) is 5.88 Å². The van der Waals surface area contributed by atoms with Gasteiger partial charge in [0.05, 0.1) is 0 Å². The van der Waals surface area contributed by atoms with Crippen LogP contribution in [0, 0.1) is 17.8 Å². The first-order valence-electron chi connectivity index (χ1n) is 9.46. The minimum atomic E-state index is -1.98. The molecule has 1 aromatic rings. The first kappa shape index (κ1) is 29.7. The van der Waals surface area contributed by atoms with Crippen molar-refractivity contribution in [1.29, 1.82) is 0 Å². The van der Waals surface area contributed by atoms with Crippen LogP contribution < -0.4 is 15.4 Å². The third-order valence-corrected chi connectivity index (χ3v) is 6.14. The van der Waals surface area contributed by atoms with Gasteiger partial charge in [-0.05, 0) is 6.92 Å². The molecule has 0 fully saturated rings. The summed E-state index contributed by atoms with van der Waals surface area (Å²) < 4.78 is 3.72. The van der Waals surface area contributed by atoms with Gasteiger partial charge in [-0.25, -0.2) is 4.98 Å². The number of hydrogen-bond donors (Lipinski definition) is 2. The van der Waals surface area contributed by atoms with E-state index in [4.69, 9.17) is 62.7 Å². The number of carbonyl (C=O) groups excluding carboxylic acids is 2. The predicted octanol–water partition coefficient (Wildman–Crippen LogP) is 5.41. The Balaban J connectivity index is 3.13. The number of aromatic nitrogens is 2. The topological polar surface area (TPSA) is 93.2 Å². The number of ether oxygens (including phenoxy) is 1. The second-order valence-electron chi connectivity index (χ2n) is 8.99. The van der Waals surface area contributed by atoms with Crippen LogP contribution in [0.4, 0.5) is 0 Å². The molecule has 0 spiro atoms. The quantitative estimate of drug-likeness (QED) is 0.198. The molecular formula is C19H27Cl5N4O3S. The molecule has 0 aliphatic heterocycles. The van der Waals surface area contributed by atoms with Crippen LogP contribution in [0.1, 0.15) is 47.2 Å².